The molecule has 3 rings (SSSR count). The van der Waals surface area contributed by atoms with Gasteiger partial charge in [0, 0.05) is 19.0 Å². The van der Waals surface area contributed by atoms with E-state index in [9.17, 15) is 9.18 Å². The number of rotatable bonds is 8. The van der Waals surface area contributed by atoms with Gasteiger partial charge in [-0.05, 0) is 61.1 Å². The first-order chi connectivity index (χ1) is 14.5. The zero-order valence-corrected chi connectivity index (χ0v) is 17.7. The second kappa shape index (κ2) is 10.0. The van der Waals surface area contributed by atoms with Gasteiger partial charge >= 0.3 is 0 Å². The molecule has 0 radical (unpaired) electrons. The Morgan fingerprint density at radius 3 is 2.77 bits per heavy atom. The van der Waals surface area contributed by atoms with E-state index in [-0.39, 0.29) is 17.4 Å². The summed E-state index contributed by atoms with van der Waals surface area (Å²) in [4.78, 5) is 12.4. The van der Waals surface area contributed by atoms with Crippen LogP contribution < -0.4 is 5.32 Å². The van der Waals surface area contributed by atoms with Gasteiger partial charge in [0.15, 0.2) is 5.69 Å². The number of carbonyl (C=O) groups excluding carboxylic acids is 1. The standard InChI is InChI=1S/C25H27FN2O2/c1-4-6-20(23-13-17(2)9-10-18(23)3)11-12-27-25(29)24-16-22(30-28-24)15-19-7-5-8-21(26)14-19/h5-10,13-14,16H,4,11-12,15H2,1-3H3,(H,27,29)/b20-6-. The molecule has 1 amide bonds. The summed E-state index contributed by atoms with van der Waals surface area (Å²) >= 11 is 0. The lowest BCUT2D eigenvalue weighted by Crippen LogP contribution is -2.25. The van der Waals surface area contributed by atoms with Gasteiger partial charge in [0.25, 0.3) is 5.91 Å². The van der Waals surface area contributed by atoms with Gasteiger partial charge in [0.05, 0.1) is 0 Å². The third-order valence-electron chi connectivity index (χ3n) is 4.93. The Labute approximate surface area is 176 Å². The van der Waals surface area contributed by atoms with Crippen molar-refractivity contribution in [3.05, 3.63) is 94.1 Å². The number of allylic oxidation sites excluding steroid dienone is 1. The van der Waals surface area contributed by atoms with Gasteiger partial charge < -0.3 is 9.84 Å². The molecule has 0 bridgehead atoms. The number of benzene rings is 2. The molecular weight excluding hydrogens is 379 g/mol. The molecule has 1 N–H and O–H groups in total. The fraction of sp³-hybridized carbons (Fsp3) is 0.280. The van der Waals surface area contributed by atoms with Crippen molar-refractivity contribution >= 4 is 11.5 Å². The molecule has 1 aromatic heterocycles. The van der Waals surface area contributed by atoms with E-state index in [0.29, 0.717) is 18.7 Å². The summed E-state index contributed by atoms with van der Waals surface area (Å²) in [7, 11) is 0. The van der Waals surface area contributed by atoms with Crippen LogP contribution in [0.3, 0.4) is 0 Å². The molecule has 4 nitrogen and oxygen atoms in total. The summed E-state index contributed by atoms with van der Waals surface area (Å²) in [6, 6.07) is 14.3. The summed E-state index contributed by atoms with van der Waals surface area (Å²) in [6.45, 7) is 6.80. The largest absolute Gasteiger partial charge is 0.360 e. The number of aromatic nitrogens is 1. The van der Waals surface area contributed by atoms with Crippen LogP contribution in [0.1, 0.15) is 58.3 Å². The van der Waals surface area contributed by atoms with Crippen LogP contribution in [0.15, 0.2) is 59.1 Å². The van der Waals surface area contributed by atoms with E-state index in [1.165, 1.54) is 34.4 Å². The van der Waals surface area contributed by atoms with Gasteiger partial charge in [-0.1, -0.05) is 54.1 Å². The molecule has 5 heteroatoms. The van der Waals surface area contributed by atoms with E-state index in [1.54, 1.807) is 18.2 Å². The van der Waals surface area contributed by atoms with Crippen LogP contribution in [-0.2, 0) is 6.42 Å². The SMILES string of the molecule is CC/C=C(/CCNC(=O)c1cc(Cc2cccc(F)c2)on1)c1cc(C)ccc1C. The molecule has 2 aromatic carbocycles. The highest BCUT2D eigenvalue weighted by Crippen LogP contribution is 2.23. The Kier molecular flexibility index (Phi) is 7.17. The Hall–Kier alpha value is -3.21. The summed E-state index contributed by atoms with van der Waals surface area (Å²) in [6.07, 6.45) is 4.26. The van der Waals surface area contributed by atoms with Crippen LogP contribution >= 0.6 is 0 Å². The Morgan fingerprint density at radius 2 is 2.00 bits per heavy atom. The predicted molar refractivity (Wildman–Crippen MR) is 117 cm³/mol. The normalized spacial score (nSPS) is 11.5. The monoisotopic (exact) mass is 406 g/mol. The first-order valence-electron chi connectivity index (χ1n) is 10.2. The topological polar surface area (TPSA) is 55.1 Å². The minimum absolute atomic E-state index is 0.231. The fourth-order valence-corrected chi connectivity index (χ4v) is 3.43. The molecule has 0 aliphatic heterocycles. The number of halogens is 1. The van der Waals surface area contributed by atoms with Gasteiger partial charge in [0.2, 0.25) is 0 Å². The quantitative estimate of drug-likeness (QED) is 0.527. The molecule has 0 unspecified atom stereocenters. The number of hydrogen-bond acceptors (Lipinski definition) is 3. The number of hydrogen-bond donors (Lipinski definition) is 1. The summed E-state index contributed by atoms with van der Waals surface area (Å²) in [5.41, 5.74) is 5.89. The zero-order valence-electron chi connectivity index (χ0n) is 17.7. The molecule has 30 heavy (non-hydrogen) atoms. The third kappa shape index (κ3) is 5.66. The number of carbonyl (C=O) groups is 1. The number of amides is 1. The van der Waals surface area contributed by atoms with Gasteiger partial charge in [-0.25, -0.2) is 4.39 Å². The smallest absolute Gasteiger partial charge is 0.273 e. The van der Waals surface area contributed by atoms with E-state index in [1.807, 2.05) is 0 Å². The maximum absolute atomic E-state index is 13.3. The van der Waals surface area contributed by atoms with E-state index < -0.39 is 0 Å². The summed E-state index contributed by atoms with van der Waals surface area (Å²) in [5, 5.41) is 6.77. The van der Waals surface area contributed by atoms with Crippen LogP contribution in [0.5, 0.6) is 0 Å². The van der Waals surface area contributed by atoms with Crippen molar-refractivity contribution in [2.24, 2.45) is 0 Å². The summed E-state index contributed by atoms with van der Waals surface area (Å²) in [5.74, 6) is -0.0569. The van der Waals surface area contributed by atoms with E-state index in [0.717, 1.165) is 18.4 Å². The minimum Gasteiger partial charge on any atom is -0.360 e. The Balaban J connectivity index is 1.59. The van der Waals surface area contributed by atoms with E-state index in [2.05, 4.69) is 55.5 Å². The average molecular weight is 407 g/mol. The average Bonchev–Trinajstić information content (AvgIpc) is 3.18. The molecule has 0 aliphatic rings. The first kappa shape index (κ1) is 21.5. The van der Waals surface area contributed by atoms with Crippen molar-refractivity contribution in [2.75, 3.05) is 6.54 Å². The van der Waals surface area contributed by atoms with Gasteiger partial charge in [-0.15, -0.1) is 0 Å². The second-order valence-electron chi connectivity index (χ2n) is 7.45. The number of nitrogens with one attached hydrogen (secondary N) is 1. The van der Waals surface area contributed by atoms with E-state index in [4.69, 9.17) is 4.52 Å². The number of aryl methyl sites for hydroxylation is 2. The molecular formula is C25H27FN2O2. The molecule has 0 fully saturated rings. The lowest BCUT2D eigenvalue weighted by Gasteiger charge is -2.12. The molecule has 3 aromatic rings. The van der Waals surface area contributed by atoms with Crippen LogP contribution in [0, 0.1) is 19.7 Å². The van der Waals surface area contributed by atoms with Crippen molar-refractivity contribution in [3.8, 4) is 0 Å². The van der Waals surface area contributed by atoms with Crippen molar-refractivity contribution in [3.63, 3.8) is 0 Å². The van der Waals surface area contributed by atoms with Crippen molar-refractivity contribution in [1.82, 2.24) is 10.5 Å². The molecule has 0 saturated carbocycles. The Morgan fingerprint density at radius 1 is 1.17 bits per heavy atom. The van der Waals surface area contributed by atoms with Crippen LogP contribution in [0.25, 0.3) is 5.57 Å². The van der Waals surface area contributed by atoms with Gasteiger partial charge in [-0.3, -0.25) is 4.79 Å². The highest BCUT2D eigenvalue weighted by atomic mass is 19.1. The molecule has 0 atom stereocenters. The van der Waals surface area contributed by atoms with Crippen LogP contribution in [-0.4, -0.2) is 17.6 Å². The first-order valence-corrected chi connectivity index (χ1v) is 10.2. The second-order valence-corrected chi connectivity index (χ2v) is 7.45. The molecule has 0 saturated heterocycles. The van der Waals surface area contributed by atoms with Crippen LogP contribution in [0.2, 0.25) is 0 Å². The van der Waals surface area contributed by atoms with Crippen molar-refractivity contribution < 1.29 is 13.7 Å². The maximum Gasteiger partial charge on any atom is 0.273 e. The Bertz CT molecular complexity index is 1050. The fourth-order valence-electron chi connectivity index (χ4n) is 3.43. The van der Waals surface area contributed by atoms with Crippen LogP contribution in [0.4, 0.5) is 4.39 Å². The molecule has 0 aliphatic carbocycles. The predicted octanol–water partition coefficient (Wildman–Crippen LogP) is 5.63. The molecule has 0 spiro atoms. The summed E-state index contributed by atoms with van der Waals surface area (Å²) < 4.78 is 18.6. The van der Waals surface area contributed by atoms with Gasteiger partial charge in [0.1, 0.15) is 11.6 Å². The van der Waals surface area contributed by atoms with E-state index >= 15 is 0 Å². The lowest BCUT2D eigenvalue weighted by atomic mass is 9.95. The third-order valence-corrected chi connectivity index (χ3v) is 4.93. The minimum atomic E-state index is -0.301. The van der Waals surface area contributed by atoms with Gasteiger partial charge in [-0.2, -0.15) is 0 Å². The number of nitrogens with zero attached hydrogens (tertiary/aromatic N) is 1. The van der Waals surface area contributed by atoms with Crippen molar-refractivity contribution in [2.45, 2.75) is 40.0 Å². The highest BCUT2D eigenvalue weighted by Gasteiger charge is 2.13. The molecule has 156 valence electrons. The highest BCUT2D eigenvalue weighted by molar-refractivity contribution is 5.92. The lowest BCUT2D eigenvalue weighted by molar-refractivity contribution is 0.0945. The van der Waals surface area contributed by atoms with Crippen molar-refractivity contribution in [1.29, 1.82) is 0 Å². The maximum atomic E-state index is 13.3. The zero-order chi connectivity index (χ0) is 21.5. The molecule has 1 heterocycles.